The number of rotatable bonds is 5. The fourth-order valence-electron chi connectivity index (χ4n) is 2.56. The predicted molar refractivity (Wildman–Crippen MR) is 90.3 cm³/mol. The number of pyridine rings is 1. The van der Waals surface area contributed by atoms with Gasteiger partial charge < -0.3 is 14.1 Å². The molecule has 7 heteroatoms. The zero-order valence-corrected chi connectivity index (χ0v) is 14.1. The van der Waals surface area contributed by atoms with Crippen molar-refractivity contribution >= 4 is 17.7 Å². The summed E-state index contributed by atoms with van der Waals surface area (Å²) >= 11 is 1.50. The standard InChI is InChI=1S/C17H18N2O4S/c1-12-8-14(9-17(21)22-12)23-13-4-7-19(10-13)16(20)11-24-15-2-5-18-6-3-15/h2-3,5-6,8-9,13H,4,7,10-11H2,1H3. The van der Waals surface area contributed by atoms with Gasteiger partial charge in [0.15, 0.2) is 0 Å². The van der Waals surface area contributed by atoms with Crippen molar-refractivity contribution in [2.75, 3.05) is 18.8 Å². The van der Waals surface area contributed by atoms with Crippen molar-refractivity contribution in [1.82, 2.24) is 9.88 Å². The summed E-state index contributed by atoms with van der Waals surface area (Å²) in [5.74, 6) is 1.49. The van der Waals surface area contributed by atoms with Crippen LogP contribution in [-0.2, 0) is 4.79 Å². The number of hydrogen-bond donors (Lipinski definition) is 0. The molecule has 1 amide bonds. The van der Waals surface area contributed by atoms with E-state index in [4.69, 9.17) is 9.15 Å². The third-order valence-corrected chi connectivity index (χ3v) is 4.68. The summed E-state index contributed by atoms with van der Waals surface area (Å²) in [4.78, 5) is 30.4. The highest BCUT2D eigenvalue weighted by molar-refractivity contribution is 8.00. The van der Waals surface area contributed by atoms with Gasteiger partial charge in [0.1, 0.15) is 17.6 Å². The topological polar surface area (TPSA) is 72.6 Å². The molecule has 6 nitrogen and oxygen atoms in total. The van der Waals surface area contributed by atoms with E-state index in [-0.39, 0.29) is 12.0 Å². The number of nitrogens with zero attached hydrogens (tertiary/aromatic N) is 2. The number of aromatic nitrogens is 1. The Hall–Kier alpha value is -2.28. The van der Waals surface area contributed by atoms with Gasteiger partial charge in [-0.1, -0.05) is 0 Å². The predicted octanol–water partition coefficient (Wildman–Crippen LogP) is 2.12. The van der Waals surface area contributed by atoms with Crippen LogP contribution in [0.2, 0.25) is 0 Å². The van der Waals surface area contributed by atoms with Crippen molar-refractivity contribution in [2.45, 2.75) is 24.3 Å². The Labute approximate surface area is 143 Å². The summed E-state index contributed by atoms with van der Waals surface area (Å²) in [6, 6.07) is 6.79. The summed E-state index contributed by atoms with van der Waals surface area (Å²) in [5, 5.41) is 0. The molecule has 1 saturated heterocycles. The molecular formula is C17H18N2O4S. The Morgan fingerprint density at radius 2 is 2.21 bits per heavy atom. The molecule has 0 aromatic carbocycles. The van der Waals surface area contributed by atoms with Gasteiger partial charge in [0.2, 0.25) is 5.91 Å². The number of carbonyl (C=O) groups is 1. The first-order valence-electron chi connectivity index (χ1n) is 7.69. The van der Waals surface area contributed by atoms with Gasteiger partial charge in [-0.2, -0.15) is 0 Å². The Kier molecular flexibility index (Phi) is 5.20. The summed E-state index contributed by atoms with van der Waals surface area (Å²) < 4.78 is 10.7. The molecule has 1 atom stereocenters. The van der Waals surface area contributed by atoms with Crippen LogP contribution < -0.4 is 10.4 Å². The van der Waals surface area contributed by atoms with Crippen LogP contribution in [-0.4, -0.2) is 40.7 Å². The Balaban J connectivity index is 1.51. The molecule has 126 valence electrons. The number of hydrogen-bond acceptors (Lipinski definition) is 6. The molecule has 1 unspecified atom stereocenters. The average molecular weight is 346 g/mol. The van der Waals surface area contributed by atoms with Crippen molar-refractivity contribution in [2.24, 2.45) is 0 Å². The van der Waals surface area contributed by atoms with Crippen molar-refractivity contribution < 1.29 is 13.9 Å². The van der Waals surface area contributed by atoms with Crippen molar-refractivity contribution in [1.29, 1.82) is 0 Å². The van der Waals surface area contributed by atoms with E-state index in [2.05, 4.69) is 4.98 Å². The van der Waals surface area contributed by atoms with Crippen LogP contribution in [0, 0.1) is 6.92 Å². The highest BCUT2D eigenvalue weighted by Gasteiger charge is 2.27. The maximum atomic E-state index is 12.3. The van der Waals surface area contributed by atoms with Crippen LogP contribution in [0.5, 0.6) is 5.75 Å². The van der Waals surface area contributed by atoms with E-state index in [1.807, 2.05) is 12.1 Å². The number of aryl methyl sites for hydroxylation is 1. The number of thioether (sulfide) groups is 1. The quantitative estimate of drug-likeness (QED) is 0.772. The van der Waals surface area contributed by atoms with E-state index in [0.29, 0.717) is 30.4 Å². The first-order chi connectivity index (χ1) is 11.6. The maximum Gasteiger partial charge on any atom is 0.339 e. The molecule has 1 fully saturated rings. The minimum Gasteiger partial charge on any atom is -0.488 e. The smallest absolute Gasteiger partial charge is 0.339 e. The molecule has 2 aromatic heterocycles. The van der Waals surface area contributed by atoms with Crippen LogP contribution in [0.4, 0.5) is 0 Å². The largest absolute Gasteiger partial charge is 0.488 e. The molecule has 0 radical (unpaired) electrons. The van der Waals surface area contributed by atoms with Crippen molar-refractivity contribution in [3.8, 4) is 5.75 Å². The second-order valence-corrected chi connectivity index (χ2v) is 6.61. The number of carbonyl (C=O) groups excluding carboxylic acids is 1. The van der Waals surface area contributed by atoms with E-state index in [1.54, 1.807) is 30.3 Å². The van der Waals surface area contributed by atoms with Gasteiger partial charge in [-0.05, 0) is 19.1 Å². The second kappa shape index (κ2) is 7.53. The molecular weight excluding hydrogens is 328 g/mol. The summed E-state index contributed by atoms with van der Waals surface area (Å²) in [6.07, 6.45) is 4.09. The molecule has 0 spiro atoms. The lowest BCUT2D eigenvalue weighted by molar-refractivity contribution is -0.127. The number of likely N-dealkylation sites (tertiary alicyclic amines) is 1. The lowest BCUT2D eigenvalue weighted by Gasteiger charge is -2.17. The molecule has 2 aromatic rings. The summed E-state index contributed by atoms with van der Waals surface area (Å²) in [5.41, 5.74) is -0.426. The first kappa shape index (κ1) is 16.6. The zero-order chi connectivity index (χ0) is 16.9. The van der Waals surface area contributed by atoms with Crippen LogP contribution >= 0.6 is 11.8 Å². The lowest BCUT2D eigenvalue weighted by Crippen LogP contribution is -2.32. The van der Waals surface area contributed by atoms with Gasteiger partial charge in [0, 0.05) is 36.3 Å². The fraction of sp³-hybridized carbons (Fsp3) is 0.353. The third kappa shape index (κ3) is 4.38. The van der Waals surface area contributed by atoms with Crippen molar-refractivity contribution in [3.05, 3.63) is 52.8 Å². The number of amides is 1. The van der Waals surface area contributed by atoms with Crippen LogP contribution in [0.3, 0.4) is 0 Å². The van der Waals surface area contributed by atoms with E-state index in [0.717, 1.165) is 11.3 Å². The maximum absolute atomic E-state index is 12.3. The minimum absolute atomic E-state index is 0.0895. The van der Waals surface area contributed by atoms with Gasteiger partial charge >= 0.3 is 5.63 Å². The second-order valence-electron chi connectivity index (χ2n) is 5.56. The molecule has 24 heavy (non-hydrogen) atoms. The average Bonchev–Trinajstić information content (AvgIpc) is 3.01. The summed E-state index contributed by atoms with van der Waals surface area (Å²) in [6.45, 7) is 2.91. The van der Waals surface area contributed by atoms with Gasteiger partial charge in [-0.3, -0.25) is 9.78 Å². The highest BCUT2D eigenvalue weighted by Crippen LogP contribution is 2.21. The molecule has 0 aliphatic carbocycles. The van der Waals surface area contributed by atoms with Crippen LogP contribution in [0.1, 0.15) is 12.2 Å². The Morgan fingerprint density at radius 1 is 1.42 bits per heavy atom. The zero-order valence-electron chi connectivity index (χ0n) is 13.3. The third-order valence-electron chi connectivity index (χ3n) is 3.68. The molecule has 0 bridgehead atoms. The minimum atomic E-state index is -0.426. The normalized spacial score (nSPS) is 17.0. The Bertz CT molecular complexity index is 763. The highest BCUT2D eigenvalue weighted by atomic mass is 32.2. The van der Waals surface area contributed by atoms with Gasteiger partial charge in [0.05, 0.1) is 18.4 Å². The lowest BCUT2D eigenvalue weighted by atomic mass is 10.3. The van der Waals surface area contributed by atoms with Crippen LogP contribution in [0.15, 0.2) is 50.8 Å². The Morgan fingerprint density at radius 3 is 2.96 bits per heavy atom. The first-order valence-corrected chi connectivity index (χ1v) is 8.68. The van der Waals surface area contributed by atoms with E-state index in [1.165, 1.54) is 17.8 Å². The van der Waals surface area contributed by atoms with Gasteiger partial charge in [-0.25, -0.2) is 4.79 Å². The monoisotopic (exact) mass is 346 g/mol. The van der Waals surface area contributed by atoms with Crippen molar-refractivity contribution in [3.63, 3.8) is 0 Å². The van der Waals surface area contributed by atoms with E-state index in [9.17, 15) is 9.59 Å². The van der Waals surface area contributed by atoms with E-state index < -0.39 is 5.63 Å². The molecule has 3 rings (SSSR count). The molecule has 3 heterocycles. The van der Waals surface area contributed by atoms with Crippen LogP contribution in [0.25, 0.3) is 0 Å². The van der Waals surface area contributed by atoms with Gasteiger partial charge in [0.25, 0.3) is 0 Å². The molecule has 0 N–H and O–H groups in total. The number of ether oxygens (including phenoxy) is 1. The molecule has 1 aliphatic heterocycles. The van der Waals surface area contributed by atoms with E-state index >= 15 is 0 Å². The van der Waals surface area contributed by atoms with Gasteiger partial charge in [-0.15, -0.1) is 11.8 Å². The SMILES string of the molecule is Cc1cc(OC2CCN(C(=O)CSc3ccncc3)C2)cc(=O)o1. The fourth-order valence-corrected chi connectivity index (χ4v) is 3.34. The summed E-state index contributed by atoms with van der Waals surface area (Å²) in [7, 11) is 0. The molecule has 1 aliphatic rings. The molecule has 0 saturated carbocycles.